The zero-order chi connectivity index (χ0) is 33.6. The smallest absolute Gasteiger partial charge is 0.0512 e. The summed E-state index contributed by atoms with van der Waals surface area (Å²) < 4.78 is 0. The predicted octanol–water partition coefficient (Wildman–Crippen LogP) is 10.4. The molecule has 0 aliphatic rings. The van der Waals surface area contributed by atoms with Crippen LogP contribution in [-0.2, 0) is 32.7 Å². The number of anilines is 6. The van der Waals surface area contributed by atoms with Gasteiger partial charge >= 0.3 is 0 Å². The molecule has 0 fully saturated rings. The van der Waals surface area contributed by atoms with Crippen molar-refractivity contribution in [3.63, 3.8) is 0 Å². The fourth-order valence-corrected chi connectivity index (χ4v) is 4.95. The van der Waals surface area contributed by atoms with Crippen LogP contribution in [0.4, 0.5) is 34.1 Å². The van der Waals surface area contributed by atoms with Crippen molar-refractivity contribution in [2.24, 2.45) is 10.2 Å². The first kappa shape index (κ1) is 36.8. The summed E-state index contributed by atoms with van der Waals surface area (Å²) in [4.78, 5) is 4.46. The summed E-state index contributed by atoms with van der Waals surface area (Å²) in [5, 5.41) is 11.4. The summed E-state index contributed by atoms with van der Waals surface area (Å²) in [5.74, 6) is 0. The van der Waals surface area contributed by atoms with Crippen LogP contribution in [0.1, 0.15) is 11.1 Å². The van der Waals surface area contributed by atoms with E-state index in [9.17, 15) is 0 Å². The Hall–Kier alpha value is -5.04. The van der Waals surface area contributed by atoms with Gasteiger partial charge < -0.3 is 19.8 Å². The molecule has 0 heterocycles. The summed E-state index contributed by atoms with van der Waals surface area (Å²) in [6.07, 6.45) is 3.60. The molecule has 0 aliphatic heterocycles. The van der Waals surface area contributed by atoms with Crippen molar-refractivity contribution in [1.29, 1.82) is 0 Å². The molecule has 0 spiro atoms. The van der Waals surface area contributed by atoms with Crippen molar-refractivity contribution < 1.29 is 32.7 Å². The van der Waals surface area contributed by atoms with E-state index < -0.39 is 0 Å². The maximum Gasteiger partial charge on any atom is 0.0512 e. The van der Waals surface area contributed by atoms with E-state index in [1.54, 1.807) is 26.5 Å². The zero-order valence-electron chi connectivity index (χ0n) is 28.0. The fourth-order valence-electron chi connectivity index (χ4n) is 4.95. The average molecular weight is 718 g/mol. The number of hydrazone groups is 2. The van der Waals surface area contributed by atoms with Crippen LogP contribution in [0.3, 0.4) is 0 Å². The minimum atomic E-state index is 0. The Balaban J connectivity index is 0.000000216. The Labute approximate surface area is 316 Å². The molecule has 7 heteroatoms. The summed E-state index contributed by atoms with van der Waals surface area (Å²) in [6, 6.07) is 58.1. The molecule has 0 bridgehead atoms. The van der Waals surface area contributed by atoms with E-state index in [0.717, 1.165) is 45.3 Å². The van der Waals surface area contributed by atoms with E-state index in [4.69, 9.17) is 0 Å². The van der Waals surface area contributed by atoms with Gasteiger partial charge in [0.25, 0.3) is 0 Å². The molecule has 6 rings (SSSR count). The van der Waals surface area contributed by atoms with Crippen LogP contribution in [-0.4, -0.2) is 36.5 Å². The Bertz CT molecular complexity index is 1630. The van der Waals surface area contributed by atoms with Gasteiger partial charge in [0.05, 0.1) is 12.4 Å². The van der Waals surface area contributed by atoms with Crippen LogP contribution < -0.4 is 9.80 Å². The topological polar surface area (TPSA) is 37.7 Å². The van der Waals surface area contributed by atoms with Crippen LogP contribution in [0.2, 0.25) is 0 Å². The van der Waals surface area contributed by atoms with Crippen molar-refractivity contribution in [3.8, 4) is 0 Å². The maximum atomic E-state index is 4.17. The van der Waals surface area contributed by atoms with Gasteiger partial charge in [-0.25, -0.2) is 24.3 Å². The Morgan fingerprint density at radius 3 is 0.816 bits per heavy atom. The molecular formula is C42H40N6Y-2. The van der Waals surface area contributed by atoms with Crippen molar-refractivity contribution in [2.45, 2.75) is 0 Å². The predicted molar refractivity (Wildman–Crippen MR) is 204 cm³/mol. The van der Waals surface area contributed by atoms with Crippen LogP contribution >= 0.6 is 0 Å². The number of hydrogen-bond donors (Lipinski definition) is 0. The van der Waals surface area contributed by atoms with Crippen molar-refractivity contribution >= 4 is 46.6 Å². The third-order valence-corrected chi connectivity index (χ3v) is 7.17. The van der Waals surface area contributed by atoms with E-state index in [1.165, 1.54) is 10.0 Å². The Morgan fingerprint density at radius 1 is 0.367 bits per heavy atom. The number of rotatable bonds is 10. The molecular weight excluding hydrogens is 677 g/mol. The van der Waals surface area contributed by atoms with Crippen LogP contribution in [0, 0.1) is 14.1 Å². The number of hydrogen-bond acceptors (Lipinski definition) is 6. The van der Waals surface area contributed by atoms with Gasteiger partial charge in [0, 0.05) is 66.8 Å². The van der Waals surface area contributed by atoms with Crippen molar-refractivity contribution in [2.75, 3.05) is 23.9 Å². The summed E-state index contributed by atoms with van der Waals surface area (Å²) in [6.45, 7) is 0. The first-order valence-corrected chi connectivity index (χ1v) is 15.6. The van der Waals surface area contributed by atoms with Gasteiger partial charge in [-0.2, -0.15) is 0 Å². The third kappa shape index (κ3) is 11.0. The van der Waals surface area contributed by atoms with Gasteiger partial charge in [0.1, 0.15) is 0 Å². The molecule has 0 N–H and O–H groups in total. The molecule has 0 aromatic heterocycles. The fraction of sp³-hybridized carbons (Fsp3) is 0.0476. The normalized spacial score (nSPS) is 10.5. The van der Waals surface area contributed by atoms with Crippen LogP contribution in [0.15, 0.2) is 180 Å². The van der Waals surface area contributed by atoms with Gasteiger partial charge in [0.15, 0.2) is 0 Å². The second-order valence-electron chi connectivity index (χ2n) is 11.0. The van der Waals surface area contributed by atoms with Crippen LogP contribution in [0.5, 0.6) is 0 Å². The average Bonchev–Trinajstić information content (AvgIpc) is 3.13. The third-order valence-electron chi connectivity index (χ3n) is 7.17. The van der Waals surface area contributed by atoms with E-state index in [0.29, 0.717) is 0 Å². The molecule has 49 heavy (non-hydrogen) atoms. The molecule has 0 aliphatic carbocycles. The Kier molecular flexibility index (Phi) is 14.3. The van der Waals surface area contributed by atoms with Crippen molar-refractivity contribution in [3.05, 3.63) is 195 Å². The van der Waals surface area contributed by atoms with E-state index >= 15 is 0 Å². The SMILES string of the molecule is [CH2-]N(C)/N=C/c1ccc(N(c2ccccc2)c2ccccc2)cc1.[CH2-]N(C)/N=C/c1ccc(N(c2ccccc2)c2ccccc2)cc1.[Y]. The standard InChI is InChI=1S/2C21H20N3.Y/c2*1-23(2)22-17-18-13-15-21(16-14-18)24(19-9-5-3-6-10-19)20-11-7-4-8-12-20;/h2*3-17H,1H2,2H3;/q2*-1;/b2*22-17+;. The number of benzene rings is 6. The molecule has 6 aromatic rings. The first-order chi connectivity index (χ1) is 23.5. The molecule has 243 valence electrons. The summed E-state index contributed by atoms with van der Waals surface area (Å²) >= 11 is 0. The molecule has 0 unspecified atom stereocenters. The van der Waals surface area contributed by atoms with Gasteiger partial charge in [-0.3, -0.25) is 0 Å². The van der Waals surface area contributed by atoms with Gasteiger partial charge in [-0.1, -0.05) is 97.1 Å². The minimum absolute atomic E-state index is 0. The van der Waals surface area contributed by atoms with Crippen LogP contribution in [0.25, 0.3) is 0 Å². The van der Waals surface area contributed by atoms with Gasteiger partial charge in [0.2, 0.25) is 0 Å². The Morgan fingerprint density at radius 2 is 0.592 bits per heavy atom. The largest absolute Gasteiger partial charge is 0.448 e. The molecule has 0 atom stereocenters. The molecule has 1 radical (unpaired) electrons. The maximum absolute atomic E-state index is 4.17. The zero-order valence-corrected chi connectivity index (χ0v) is 30.8. The van der Waals surface area contributed by atoms with E-state index in [1.807, 2.05) is 24.3 Å². The number of nitrogens with zero attached hydrogens (tertiary/aromatic N) is 6. The molecule has 6 nitrogen and oxygen atoms in total. The minimum Gasteiger partial charge on any atom is -0.448 e. The molecule has 0 amide bonds. The molecule has 0 saturated heterocycles. The first-order valence-electron chi connectivity index (χ1n) is 15.6. The monoisotopic (exact) mass is 717 g/mol. The summed E-state index contributed by atoms with van der Waals surface area (Å²) in [5.41, 5.74) is 8.79. The second-order valence-corrected chi connectivity index (χ2v) is 11.0. The second kappa shape index (κ2) is 19.1. The molecule has 0 saturated carbocycles. The van der Waals surface area contributed by atoms with Gasteiger partial charge in [-0.15, -0.1) is 0 Å². The quantitative estimate of drug-likeness (QED) is 0.0803. The molecule has 6 aromatic carbocycles. The number of para-hydroxylation sites is 4. The van der Waals surface area contributed by atoms with E-state index in [2.05, 4.69) is 180 Å². The van der Waals surface area contributed by atoms with Gasteiger partial charge in [-0.05, 0) is 98.0 Å². The van der Waals surface area contributed by atoms with E-state index in [-0.39, 0.29) is 32.7 Å². The van der Waals surface area contributed by atoms with Crippen molar-refractivity contribution in [1.82, 2.24) is 10.0 Å². The summed E-state index contributed by atoms with van der Waals surface area (Å²) in [7, 11) is 11.0.